The van der Waals surface area contributed by atoms with E-state index in [9.17, 15) is 8.78 Å². The molecule has 0 saturated carbocycles. The maximum atomic E-state index is 14.1. The van der Waals surface area contributed by atoms with Crippen LogP contribution < -0.4 is 0 Å². The van der Waals surface area contributed by atoms with Crippen molar-refractivity contribution < 1.29 is 8.78 Å². The fraction of sp³-hybridized carbons (Fsp3) is 0.263. The number of thioether (sulfide) groups is 1. The second-order valence-electron chi connectivity index (χ2n) is 6.28. The topological polar surface area (TPSA) is 34.0 Å². The van der Waals surface area contributed by atoms with Crippen LogP contribution in [0.1, 0.15) is 24.4 Å². The van der Waals surface area contributed by atoms with E-state index in [2.05, 4.69) is 10.2 Å². The van der Waals surface area contributed by atoms with Gasteiger partial charge >= 0.3 is 0 Å². The van der Waals surface area contributed by atoms with Gasteiger partial charge in [-0.2, -0.15) is 0 Å². The molecule has 1 atom stereocenters. The van der Waals surface area contributed by atoms with Crippen LogP contribution >= 0.6 is 23.4 Å². The zero-order chi connectivity index (χ0) is 19.6. The minimum Gasteiger partial charge on any atom is -0.300 e. The van der Waals surface area contributed by atoms with E-state index in [0.717, 1.165) is 5.69 Å². The molecule has 1 heterocycles. The Balaban J connectivity index is 1.99. The van der Waals surface area contributed by atoms with Gasteiger partial charge in [-0.1, -0.05) is 29.4 Å². The van der Waals surface area contributed by atoms with Crippen LogP contribution in [0.2, 0.25) is 5.02 Å². The molecule has 0 spiro atoms. The van der Waals surface area contributed by atoms with Gasteiger partial charge in [0.2, 0.25) is 0 Å². The summed E-state index contributed by atoms with van der Waals surface area (Å²) in [5.41, 5.74) is 1.16. The second-order valence-corrected chi connectivity index (χ2v) is 7.63. The molecule has 1 aromatic heterocycles. The summed E-state index contributed by atoms with van der Waals surface area (Å²) >= 11 is 7.45. The quantitative estimate of drug-likeness (QED) is 0.530. The average molecular weight is 409 g/mol. The normalized spacial score (nSPS) is 12.6. The van der Waals surface area contributed by atoms with E-state index in [1.54, 1.807) is 24.3 Å². The average Bonchev–Trinajstić information content (AvgIpc) is 3.05. The summed E-state index contributed by atoms with van der Waals surface area (Å²) in [4.78, 5) is 2.01. The summed E-state index contributed by atoms with van der Waals surface area (Å²) in [6, 6.07) is 10.7. The molecule has 0 fully saturated rings. The molecule has 8 heteroatoms. The molecular formula is C19H19ClF2N4S. The van der Waals surface area contributed by atoms with Gasteiger partial charge in [0.15, 0.2) is 11.0 Å². The first-order valence-electron chi connectivity index (χ1n) is 8.32. The van der Waals surface area contributed by atoms with Crippen molar-refractivity contribution in [3.63, 3.8) is 0 Å². The van der Waals surface area contributed by atoms with Gasteiger partial charge in [-0.25, -0.2) is 8.78 Å². The lowest BCUT2D eigenvalue weighted by Crippen LogP contribution is -2.20. The van der Waals surface area contributed by atoms with Crippen LogP contribution in [0.5, 0.6) is 0 Å². The molecule has 0 N–H and O–H groups in total. The number of benzene rings is 2. The number of hydrogen-bond donors (Lipinski definition) is 0. The molecule has 3 rings (SSSR count). The molecular weight excluding hydrogens is 390 g/mol. The molecule has 0 unspecified atom stereocenters. The van der Waals surface area contributed by atoms with Gasteiger partial charge in [-0.3, -0.25) is 9.47 Å². The minimum absolute atomic E-state index is 0.0195. The molecule has 0 radical (unpaired) electrons. The number of nitrogens with zero attached hydrogens (tertiary/aromatic N) is 4. The third-order valence-corrected chi connectivity index (χ3v) is 5.61. The van der Waals surface area contributed by atoms with Crippen molar-refractivity contribution in [3.05, 3.63) is 70.5 Å². The zero-order valence-electron chi connectivity index (χ0n) is 15.2. The predicted octanol–water partition coefficient (Wildman–Crippen LogP) is 5.11. The summed E-state index contributed by atoms with van der Waals surface area (Å²) in [6.45, 7) is 2.01. The fourth-order valence-corrected chi connectivity index (χ4v) is 3.82. The Morgan fingerprint density at radius 1 is 1.11 bits per heavy atom. The van der Waals surface area contributed by atoms with E-state index in [-0.39, 0.29) is 17.7 Å². The first-order valence-corrected chi connectivity index (χ1v) is 9.68. The standard InChI is InChI=1S/C19H19ClF2N4S/c1-12(25(2)3)18-23-24-19(26(18)14-9-7-13(21)8-10-14)27-11-15-16(20)5-4-6-17(15)22/h4-10,12H,11H2,1-3H3/t12-/m1/s1. The molecule has 4 nitrogen and oxygen atoms in total. The van der Waals surface area contributed by atoms with Crippen LogP contribution in [-0.4, -0.2) is 33.8 Å². The summed E-state index contributed by atoms with van der Waals surface area (Å²) < 4.78 is 29.3. The Morgan fingerprint density at radius 3 is 2.44 bits per heavy atom. The lowest BCUT2D eigenvalue weighted by molar-refractivity contribution is 0.305. The lowest BCUT2D eigenvalue weighted by atomic mass is 10.2. The van der Waals surface area contributed by atoms with E-state index in [1.165, 1.54) is 30.0 Å². The van der Waals surface area contributed by atoms with Crippen LogP contribution in [-0.2, 0) is 5.75 Å². The Morgan fingerprint density at radius 2 is 1.81 bits per heavy atom. The van der Waals surface area contributed by atoms with Crippen LogP contribution in [0.15, 0.2) is 47.6 Å². The number of rotatable bonds is 6. The largest absolute Gasteiger partial charge is 0.300 e. The predicted molar refractivity (Wildman–Crippen MR) is 104 cm³/mol. The molecule has 0 aliphatic heterocycles. The molecule has 27 heavy (non-hydrogen) atoms. The summed E-state index contributed by atoms with van der Waals surface area (Å²) in [5.74, 6) is 0.348. The van der Waals surface area contributed by atoms with Crippen molar-refractivity contribution >= 4 is 23.4 Å². The van der Waals surface area contributed by atoms with Gasteiger partial charge in [0, 0.05) is 22.0 Å². The van der Waals surface area contributed by atoms with E-state index < -0.39 is 0 Å². The van der Waals surface area contributed by atoms with Crippen molar-refractivity contribution in [2.75, 3.05) is 14.1 Å². The van der Waals surface area contributed by atoms with Crippen molar-refractivity contribution in [2.45, 2.75) is 23.9 Å². The number of halogens is 3. The van der Waals surface area contributed by atoms with Crippen molar-refractivity contribution in [3.8, 4) is 5.69 Å². The highest BCUT2D eigenvalue weighted by molar-refractivity contribution is 7.98. The summed E-state index contributed by atoms with van der Waals surface area (Å²) in [7, 11) is 3.89. The summed E-state index contributed by atoms with van der Waals surface area (Å²) in [5, 5.41) is 9.57. The van der Waals surface area contributed by atoms with Gasteiger partial charge in [0.25, 0.3) is 0 Å². The third-order valence-electron chi connectivity index (χ3n) is 4.30. The zero-order valence-corrected chi connectivity index (χ0v) is 16.7. The van der Waals surface area contributed by atoms with E-state index in [4.69, 9.17) is 11.6 Å². The van der Waals surface area contributed by atoms with Gasteiger partial charge in [-0.05, 0) is 57.4 Å². The Kier molecular flexibility index (Phi) is 6.14. The molecule has 142 valence electrons. The van der Waals surface area contributed by atoms with Crippen molar-refractivity contribution in [2.24, 2.45) is 0 Å². The van der Waals surface area contributed by atoms with Crippen LogP contribution in [0.25, 0.3) is 5.69 Å². The van der Waals surface area contributed by atoms with E-state index >= 15 is 0 Å². The lowest BCUT2D eigenvalue weighted by Gasteiger charge is -2.20. The van der Waals surface area contributed by atoms with Crippen LogP contribution in [0.3, 0.4) is 0 Å². The molecule has 3 aromatic rings. The Bertz CT molecular complexity index is 908. The molecule has 0 aliphatic rings. The molecule has 0 saturated heterocycles. The minimum atomic E-state index is -0.357. The van der Waals surface area contributed by atoms with Gasteiger partial charge < -0.3 is 0 Å². The SMILES string of the molecule is C[C@H](c1nnc(SCc2c(F)cccc2Cl)n1-c1ccc(F)cc1)N(C)C. The maximum Gasteiger partial charge on any atom is 0.196 e. The molecule has 0 bridgehead atoms. The van der Waals surface area contributed by atoms with Crippen LogP contribution in [0, 0.1) is 11.6 Å². The number of aromatic nitrogens is 3. The highest BCUT2D eigenvalue weighted by atomic mass is 35.5. The van der Waals surface area contributed by atoms with E-state index in [1.807, 2.05) is 30.5 Å². The van der Waals surface area contributed by atoms with Gasteiger partial charge in [0.05, 0.1) is 6.04 Å². The number of hydrogen-bond acceptors (Lipinski definition) is 4. The smallest absolute Gasteiger partial charge is 0.196 e. The first kappa shape index (κ1) is 19.8. The fourth-order valence-electron chi connectivity index (χ4n) is 2.52. The molecule has 2 aromatic carbocycles. The first-order chi connectivity index (χ1) is 12.9. The van der Waals surface area contributed by atoms with Gasteiger partial charge in [0.1, 0.15) is 11.6 Å². The van der Waals surface area contributed by atoms with Gasteiger partial charge in [-0.15, -0.1) is 10.2 Å². The van der Waals surface area contributed by atoms with E-state index in [0.29, 0.717) is 27.3 Å². The second kappa shape index (κ2) is 8.37. The van der Waals surface area contributed by atoms with Crippen molar-refractivity contribution in [1.82, 2.24) is 19.7 Å². The highest BCUT2D eigenvalue weighted by Crippen LogP contribution is 2.31. The highest BCUT2D eigenvalue weighted by Gasteiger charge is 2.21. The maximum absolute atomic E-state index is 14.1. The van der Waals surface area contributed by atoms with Crippen LogP contribution in [0.4, 0.5) is 8.78 Å². The molecule has 0 amide bonds. The molecule has 0 aliphatic carbocycles. The Hall–Kier alpha value is -1.96. The third kappa shape index (κ3) is 4.31. The monoisotopic (exact) mass is 408 g/mol. The Labute approximate surface area is 166 Å². The van der Waals surface area contributed by atoms with Crippen molar-refractivity contribution in [1.29, 1.82) is 0 Å². The summed E-state index contributed by atoms with van der Waals surface area (Å²) in [6.07, 6.45) is 0.